The van der Waals surface area contributed by atoms with Gasteiger partial charge in [0.15, 0.2) is 0 Å². The third-order valence-electron chi connectivity index (χ3n) is 4.66. The highest BCUT2D eigenvalue weighted by atomic mass is 32.2. The molecule has 130 valence electrons. The number of aromatic nitrogens is 2. The van der Waals surface area contributed by atoms with Crippen LogP contribution in [0.15, 0.2) is 24.3 Å². The molecule has 1 unspecified atom stereocenters. The molecule has 1 saturated heterocycles. The second kappa shape index (κ2) is 8.03. The average Bonchev–Trinajstić information content (AvgIpc) is 3.02. The Balaban J connectivity index is 1.74. The maximum atomic E-state index is 12.7. The van der Waals surface area contributed by atoms with Crippen LogP contribution in [0.1, 0.15) is 38.1 Å². The number of benzene rings is 1. The molecule has 0 bridgehead atoms. The lowest BCUT2D eigenvalue weighted by molar-refractivity contribution is -0.126. The second-order valence-electron chi connectivity index (χ2n) is 6.56. The van der Waals surface area contributed by atoms with Gasteiger partial charge in [0, 0.05) is 12.0 Å². The van der Waals surface area contributed by atoms with Gasteiger partial charge < -0.3 is 15.6 Å². The smallest absolute Gasteiger partial charge is 0.223 e. The van der Waals surface area contributed by atoms with Gasteiger partial charge in [0.1, 0.15) is 5.82 Å². The third kappa shape index (κ3) is 4.11. The lowest BCUT2D eigenvalue weighted by Gasteiger charge is -2.28. The van der Waals surface area contributed by atoms with E-state index in [0.717, 1.165) is 48.4 Å². The number of imidazole rings is 1. The number of hydrogen-bond donors (Lipinski definition) is 3. The van der Waals surface area contributed by atoms with E-state index < -0.39 is 0 Å². The van der Waals surface area contributed by atoms with Crippen molar-refractivity contribution in [3.8, 4) is 0 Å². The molecule has 0 radical (unpaired) electrons. The summed E-state index contributed by atoms with van der Waals surface area (Å²) in [5.41, 5.74) is 1.97. The summed E-state index contributed by atoms with van der Waals surface area (Å²) in [6, 6.07) is 8.35. The van der Waals surface area contributed by atoms with Crippen LogP contribution in [0.5, 0.6) is 0 Å². The zero-order valence-electron chi connectivity index (χ0n) is 14.3. The molecule has 1 aliphatic heterocycles. The second-order valence-corrected chi connectivity index (χ2v) is 7.54. The summed E-state index contributed by atoms with van der Waals surface area (Å²) in [5.74, 6) is 2.11. The predicted octanol–water partition coefficient (Wildman–Crippen LogP) is 2.86. The van der Waals surface area contributed by atoms with E-state index in [4.69, 9.17) is 0 Å². The summed E-state index contributed by atoms with van der Waals surface area (Å²) in [7, 11) is 0. The number of aromatic amines is 1. The molecule has 3 N–H and O–H groups in total. The van der Waals surface area contributed by atoms with Crippen molar-refractivity contribution in [2.24, 2.45) is 5.92 Å². The summed E-state index contributed by atoms with van der Waals surface area (Å²) in [4.78, 5) is 20.8. The largest absolute Gasteiger partial charge is 0.346 e. The van der Waals surface area contributed by atoms with Crippen LogP contribution in [0, 0.1) is 5.92 Å². The van der Waals surface area contributed by atoms with Crippen molar-refractivity contribution < 1.29 is 4.79 Å². The van der Waals surface area contributed by atoms with Gasteiger partial charge in [0.05, 0.1) is 17.1 Å². The zero-order valence-corrected chi connectivity index (χ0v) is 15.2. The molecule has 5 nitrogen and oxygen atoms in total. The molecule has 0 saturated carbocycles. The van der Waals surface area contributed by atoms with Gasteiger partial charge in [0.2, 0.25) is 5.91 Å². The zero-order chi connectivity index (χ0) is 16.9. The fourth-order valence-corrected chi connectivity index (χ4v) is 3.78. The minimum Gasteiger partial charge on any atom is -0.346 e. The Kier molecular flexibility index (Phi) is 5.79. The minimum absolute atomic E-state index is 0.0532. The van der Waals surface area contributed by atoms with Gasteiger partial charge in [-0.25, -0.2) is 4.98 Å². The normalized spacial score (nSPS) is 22.4. The van der Waals surface area contributed by atoms with E-state index in [2.05, 4.69) is 33.8 Å². The first-order valence-corrected chi connectivity index (χ1v) is 10.0. The molecule has 0 aliphatic carbocycles. The number of carbonyl (C=O) groups is 1. The van der Waals surface area contributed by atoms with E-state index in [1.54, 1.807) is 11.8 Å². The molecule has 0 spiro atoms. The van der Waals surface area contributed by atoms with Gasteiger partial charge in [-0.2, -0.15) is 11.8 Å². The van der Waals surface area contributed by atoms with Gasteiger partial charge in [-0.1, -0.05) is 12.1 Å². The topological polar surface area (TPSA) is 69.8 Å². The summed E-state index contributed by atoms with van der Waals surface area (Å²) in [6.45, 7) is 3.06. The number of fused-ring (bicyclic) bond motifs is 1. The van der Waals surface area contributed by atoms with Crippen molar-refractivity contribution in [3.63, 3.8) is 0 Å². The molecule has 1 aromatic carbocycles. The highest BCUT2D eigenvalue weighted by molar-refractivity contribution is 7.98. The number of H-pyrrole nitrogens is 1. The molecular formula is C18H26N4OS. The molecule has 24 heavy (non-hydrogen) atoms. The van der Waals surface area contributed by atoms with Crippen molar-refractivity contribution in [3.05, 3.63) is 30.1 Å². The number of carbonyl (C=O) groups excluding carboxylic acids is 1. The molecule has 2 aromatic rings. The molecule has 1 aliphatic rings. The van der Waals surface area contributed by atoms with E-state index in [1.807, 2.05) is 24.3 Å². The number of thioether (sulfide) groups is 1. The Morgan fingerprint density at radius 3 is 3.04 bits per heavy atom. The molecular weight excluding hydrogens is 320 g/mol. The first-order chi connectivity index (χ1) is 11.7. The Hall–Kier alpha value is -1.53. The quantitative estimate of drug-likeness (QED) is 0.752. The fourth-order valence-electron chi connectivity index (χ4n) is 3.31. The lowest BCUT2D eigenvalue weighted by Crippen LogP contribution is -2.43. The van der Waals surface area contributed by atoms with Crippen LogP contribution >= 0.6 is 11.8 Å². The van der Waals surface area contributed by atoms with Crippen molar-refractivity contribution in [1.29, 1.82) is 0 Å². The average molecular weight is 346 g/mol. The molecule has 1 aromatic heterocycles. The maximum Gasteiger partial charge on any atom is 0.223 e. The van der Waals surface area contributed by atoms with Crippen LogP contribution in [0.2, 0.25) is 0 Å². The SMILES string of the molecule is CSCCC(NC(=O)[C@H]1CCN[C@@H](C)C1)c1nc2ccccc2[nH]1. The number of para-hydroxylation sites is 2. The summed E-state index contributed by atoms with van der Waals surface area (Å²) < 4.78 is 0. The van der Waals surface area contributed by atoms with Crippen molar-refractivity contribution in [1.82, 2.24) is 20.6 Å². The van der Waals surface area contributed by atoms with Crippen LogP contribution < -0.4 is 10.6 Å². The van der Waals surface area contributed by atoms with Crippen molar-refractivity contribution in [2.45, 2.75) is 38.3 Å². The summed E-state index contributed by atoms with van der Waals surface area (Å²) in [6.07, 6.45) is 4.78. The highest BCUT2D eigenvalue weighted by Crippen LogP contribution is 2.22. The van der Waals surface area contributed by atoms with Gasteiger partial charge in [-0.15, -0.1) is 0 Å². The Bertz CT molecular complexity index is 653. The van der Waals surface area contributed by atoms with E-state index >= 15 is 0 Å². The number of rotatable bonds is 6. The molecule has 1 amide bonds. The Morgan fingerprint density at radius 1 is 1.46 bits per heavy atom. The van der Waals surface area contributed by atoms with E-state index in [-0.39, 0.29) is 17.9 Å². The fraction of sp³-hybridized carbons (Fsp3) is 0.556. The summed E-state index contributed by atoms with van der Waals surface area (Å²) >= 11 is 1.79. The first-order valence-electron chi connectivity index (χ1n) is 8.64. The van der Waals surface area contributed by atoms with Gasteiger partial charge in [0.25, 0.3) is 0 Å². The molecule has 3 rings (SSSR count). The highest BCUT2D eigenvalue weighted by Gasteiger charge is 2.27. The van der Waals surface area contributed by atoms with Gasteiger partial charge in [-0.3, -0.25) is 4.79 Å². The standard InChI is InChI=1S/C18H26N4OS/c1-12-11-13(7-9-19-12)18(23)22-16(8-10-24-2)17-20-14-5-3-4-6-15(14)21-17/h3-6,12-13,16,19H,7-11H2,1-2H3,(H,20,21)(H,22,23)/t12-,13-,16?/m0/s1. The number of hydrogen-bond acceptors (Lipinski definition) is 4. The molecule has 3 atom stereocenters. The van der Waals surface area contributed by atoms with Crippen molar-refractivity contribution in [2.75, 3.05) is 18.6 Å². The monoisotopic (exact) mass is 346 g/mol. The molecule has 1 fully saturated rings. The number of nitrogens with zero attached hydrogens (tertiary/aromatic N) is 1. The lowest BCUT2D eigenvalue weighted by atomic mass is 9.92. The third-order valence-corrected chi connectivity index (χ3v) is 5.30. The number of amides is 1. The van der Waals surface area contributed by atoms with Gasteiger partial charge in [-0.05, 0) is 56.9 Å². The Labute approximate surface area is 147 Å². The molecule has 6 heteroatoms. The van der Waals surface area contributed by atoms with Crippen LogP contribution in [0.25, 0.3) is 11.0 Å². The van der Waals surface area contributed by atoms with Gasteiger partial charge >= 0.3 is 0 Å². The minimum atomic E-state index is -0.0532. The maximum absolute atomic E-state index is 12.7. The van der Waals surface area contributed by atoms with Crippen LogP contribution in [-0.4, -0.2) is 40.5 Å². The summed E-state index contributed by atoms with van der Waals surface area (Å²) in [5, 5.41) is 6.65. The van der Waals surface area contributed by atoms with Crippen LogP contribution in [0.3, 0.4) is 0 Å². The van der Waals surface area contributed by atoms with Crippen LogP contribution in [0.4, 0.5) is 0 Å². The number of nitrogens with one attached hydrogen (secondary N) is 3. The van der Waals surface area contributed by atoms with E-state index in [1.165, 1.54) is 0 Å². The predicted molar refractivity (Wildman–Crippen MR) is 100 cm³/mol. The molecule has 2 heterocycles. The van der Waals surface area contributed by atoms with Crippen molar-refractivity contribution >= 4 is 28.7 Å². The van der Waals surface area contributed by atoms with E-state index in [9.17, 15) is 4.79 Å². The van der Waals surface area contributed by atoms with Crippen LogP contribution in [-0.2, 0) is 4.79 Å². The number of piperidine rings is 1. The van der Waals surface area contributed by atoms with E-state index in [0.29, 0.717) is 6.04 Å². The Morgan fingerprint density at radius 2 is 2.29 bits per heavy atom. The first kappa shape index (κ1) is 17.3.